The van der Waals surface area contributed by atoms with E-state index >= 15 is 0 Å². The van der Waals surface area contributed by atoms with E-state index in [1.807, 2.05) is 38.1 Å². The molecule has 30 heavy (non-hydrogen) atoms. The van der Waals surface area contributed by atoms with Crippen LogP contribution in [0.3, 0.4) is 0 Å². The molecule has 1 aromatic heterocycles. The van der Waals surface area contributed by atoms with E-state index < -0.39 is 4.92 Å². The molecule has 0 aliphatic heterocycles. The number of carbonyl (C=O) groups is 1. The topological polar surface area (TPSA) is 90.9 Å². The van der Waals surface area contributed by atoms with Crippen molar-refractivity contribution < 1.29 is 9.72 Å². The number of rotatable bonds is 5. The highest BCUT2D eigenvalue weighted by atomic mass is 16.6. The summed E-state index contributed by atoms with van der Waals surface area (Å²) in [6, 6.07) is 20.7. The van der Waals surface area contributed by atoms with Crippen molar-refractivity contribution in [1.82, 2.24) is 15.0 Å². The van der Waals surface area contributed by atoms with E-state index in [0.717, 1.165) is 16.7 Å². The van der Waals surface area contributed by atoms with Crippen molar-refractivity contribution in [2.45, 2.75) is 13.8 Å². The standard InChI is InChI=1S/C23H18N4O3/c1-15-12-13-18(14-16(15)2)21-22(23(28)17-8-4-3-5-9-17)25-26(24-21)19-10-6-7-11-20(19)27(29)30/h3-14H,1-2H3. The van der Waals surface area contributed by atoms with Gasteiger partial charge in [0.2, 0.25) is 5.78 Å². The molecule has 3 aromatic carbocycles. The fraction of sp³-hybridized carbons (Fsp3) is 0.0870. The second-order valence-corrected chi connectivity index (χ2v) is 6.93. The first kappa shape index (κ1) is 19.2. The Labute approximate surface area is 172 Å². The highest BCUT2D eigenvalue weighted by Crippen LogP contribution is 2.28. The lowest BCUT2D eigenvalue weighted by atomic mass is 10.0. The first-order chi connectivity index (χ1) is 14.5. The van der Waals surface area contributed by atoms with Crippen molar-refractivity contribution in [3.8, 4) is 16.9 Å². The SMILES string of the molecule is Cc1ccc(-c2nn(-c3ccccc3[N+](=O)[O-])nc2C(=O)c2ccccc2)cc1C. The average molecular weight is 398 g/mol. The number of hydrogen-bond acceptors (Lipinski definition) is 5. The Morgan fingerprint density at radius 3 is 2.30 bits per heavy atom. The van der Waals surface area contributed by atoms with Gasteiger partial charge in [-0.3, -0.25) is 14.9 Å². The molecule has 0 aliphatic carbocycles. The van der Waals surface area contributed by atoms with E-state index in [0.29, 0.717) is 11.3 Å². The van der Waals surface area contributed by atoms with Gasteiger partial charge >= 0.3 is 0 Å². The van der Waals surface area contributed by atoms with Crippen LogP contribution >= 0.6 is 0 Å². The lowest BCUT2D eigenvalue weighted by Gasteiger charge is -2.04. The molecule has 0 aliphatic rings. The van der Waals surface area contributed by atoms with Crippen LogP contribution in [0.5, 0.6) is 0 Å². The molecule has 0 radical (unpaired) electrons. The Balaban J connectivity index is 1.93. The summed E-state index contributed by atoms with van der Waals surface area (Å²) in [5, 5.41) is 20.3. The van der Waals surface area contributed by atoms with Gasteiger partial charge in [-0.1, -0.05) is 54.6 Å². The summed E-state index contributed by atoms with van der Waals surface area (Å²) in [6.45, 7) is 3.98. The van der Waals surface area contributed by atoms with Crippen LogP contribution in [0.25, 0.3) is 16.9 Å². The number of hydrogen-bond donors (Lipinski definition) is 0. The van der Waals surface area contributed by atoms with Gasteiger partial charge in [0.25, 0.3) is 5.69 Å². The number of nitrogens with zero attached hydrogens (tertiary/aromatic N) is 4. The van der Waals surface area contributed by atoms with E-state index in [1.165, 1.54) is 10.9 Å². The molecule has 0 amide bonds. The predicted molar refractivity (Wildman–Crippen MR) is 113 cm³/mol. The van der Waals surface area contributed by atoms with Crippen LogP contribution in [0, 0.1) is 24.0 Å². The molecule has 1 heterocycles. The summed E-state index contributed by atoms with van der Waals surface area (Å²) in [5.74, 6) is -0.298. The van der Waals surface area contributed by atoms with Crippen molar-refractivity contribution in [2.24, 2.45) is 0 Å². The quantitative estimate of drug-likeness (QED) is 0.276. The molecule has 7 heteroatoms. The van der Waals surface area contributed by atoms with Gasteiger partial charge < -0.3 is 0 Å². The minimum atomic E-state index is -0.493. The summed E-state index contributed by atoms with van der Waals surface area (Å²) in [4.78, 5) is 25.3. The van der Waals surface area contributed by atoms with Crippen LogP contribution < -0.4 is 0 Å². The smallest absolute Gasteiger partial charge is 0.287 e. The fourth-order valence-corrected chi connectivity index (χ4v) is 3.16. The Morgan fingerprint density at radius 1 is 0.900 bits per heavy atom. The molecule has 7 nitrogen and oxygen atoms in total. The van der Waals surface area contributed by atoms with Crippen LogP contribution in [0.2, 0.25) is 0 Å². The number of benzene rings is 3. The van der Waals surface area contributed by atoms with Gasteiger partial charge in [-0.15, -0.1) is 15.0 Å². The van der Waals surface area contributed by atoms with Crippen molar-refractivity contribution in [2.75, 3.05) is 0 Å². The highest BCUT2D eigenvalue weighted by molar-refractivity contribution is 6.10. The molecule has 4 rings (SSSR count). The van der Waals surface area contributed by atoms with E-state index in [9.17, 15) is 14.9 Å². The molecular weight excluding hydrogens is 380 g/mol. The largest absolute Gasteiger partial charge is 0.296 e. The first-order valence-corrected chi connectivity index (χ1v) is 9.34. The Morgan fingerprint density at radius 2 is 1.60 bits per heavy atom. The number of carbonyl (C=O) groups excluding carboxylic acids is 1. The number of para-hydroxylation sites is 2. The third kappa shape index (κ3) is 3.48. The molecule has 0 saturated carbocycles. The van der Waals surface area contributed by atoms with Crippen LogP contribution in [-0.4, -0.2) is 25.7 Å². The summed E-state index contributed by atoms with van der Waals surface area (Å²) in [7, 11) is 0. The van der Waals surface area contributed by atoms with E-state index in [-0.39, 0.29) is 22.9 Å². The average Bonchev–Trinajstić information content (AvgIpc) is 3.21. The molecule has 0 unspecified atom stereocenters. The Bertz CT molecular complexity index is 1260. The molecule has 0 N–H and O–H groups in total. The number of nitro groups is 1. The van der Waals surface area contributed by atoms with Crippen LogP contribution in [0.4, 0.5) is 5.69 Å². The maximum atomic E-state index is 13.2. The van der Waals surface area contributed by atoms with E-state index in [4.69, 9.17) is 0 Å². The number of aromatic nitrogens is 3. The Hall–Kier alpha value is -4.13. The third-order valence-electron chi connectivity index (χ3n) is 4.94. The lowest BCUT2D eigenvalue weighted by Crippen LogP contribution is -2.06. The zero-order chi connectivity index (χ0) is 21.3. The minimum absolute atomic E-state index is 0.141. The van der Waals surface area contributed by atoms with Crippen LogP contribution in [0.1, 0.15) is 27.2 Å². The van der Waals surface area contributed by atoms with E-state index in [1.54, 1.807) is 42.5 Å². The highest BCUT2D eigenvalue weighted by Gasteiger charge is 2.24. The lowest BCUT2D eigenvalue weighted by molar-refractivity contribution is -0.384. The molecule has 0 atom stereocenters. The third-order valence-corrected chi connectivity index (χ3v) is 4.94. The van der Waals surface area contributed by atoms with Gasteiger partial charge in [-0.25, -0.2) is 0 Å². The number of aryl methyl sites for hydroxylation is 2. The normalized spacial score (nSPS) is 10.7. The van der Waals surface area contributed by atoms with Gasteiger partial charge in [0.05, 0.1) is 4.92 Å². The van der Waals surface area contributed by atoms with Crippen molar-refractivity contribution >= 4 is 11.5 Å². The van der Waals surface area contributed by atoms with Gasteiger partial charge in [0, 0.05) is 17.2 Å². The van der Waals surface area contributed by atoms with Gasteiger partial charge in [0.15, 0.2) is 11.4 Å². The maximum Gasteiger partial charge on any atom is 0.296 e. The Kier molecular flexibility index (Phi) is 4.93. The molecule has 148 valence electrons. The molecule has 4 aromatic rings. The van der Waals surface area contributed by atoms with Crippen molar-refractivity contribution in [1.29, 1.82) is 0 Å². The molecule has 0 spiro atoms. The summed E-state index contributed by atoms with van der Waals surface area (Å²) in [6.07, 6.45) is 0. The minimum Gasteiger partial charge on any atom is -0.287 e. The molecule has 0 fully saturated rings. The van der Waals surface area contributed by atoms with E-state index in [2.05, 4.69) is 10.2 Å². The zero-order valence-electron chi connectivity index (χ0n) is 16.4. The molecular formula is C23H18N4O3. The number of ketones is 1. The van der Waals surface area contributed by atoms with Crippen molar-refractivity contribution in [3.05, 3.63) is 105 Å². The monoisotopic (exact) mass is 398 g/mol. The fourth-order valence-electron chi connectivity index (χ4n) is 3.16. The molecule has 0 bridgehead atoms. The second kappa shape index (κ2) is 7.71. The summed E-state index contributed by atoms with van der Waals surface area (Å²) >= 11 is 0. The zero-order valence-corrected chi connectivity index (χ0v) is 16.4. The number of nitro benzene ring substituents is 1. The van der Waals surface area contributed by atoms with Crippen molar-refractivity contribution in [3.63, 3.8) is 0 Å². The van der Waals surface area contributed by atoms with Gasteiger partial charge in [0.1, 0.15) is 5.69 Å². The van der Waals surface area contributed by atoms with Gasteiger partial charge in [-0.2, -0.15) is 0 Å². The first-order valence-electron chi connectivity index (χ1n) is 9.34. The maximum absolute atomic E-state index is 13.2. The summed E-state index contributed by atoms with van der Waals surface area (Å²) in [5.41, 5.74) is 3.93. The van der Waals surface area contributed by atoms with Crippen LogP contribution in [0.15, 0.2) is 72.8 Å². The second-order valence-electron chi connectivity index (χ2n) is 6.93. The predicted octanol–water partition coefficient (Wildman–Crippen LogP) is 4.69. The summed E-state index contributed by atoms with van der Waals surface area (Å²) < 4.78 is 0. The van der Waals surface area contributed by atoms with Gasteiger partial charge in [-0.05, 0) is 37.1 Å². The van der Waals surface area contributed by atoms with Crippen LogP contribution in [-0.2, 0) is 0 Å². The molecule has 0 saturated heterocycles.